The monoisotopic (exact) mass is 460 g/mol. The minimum Gasteiger partial charge on any atom is -0.369 e. The maximum absolute atomic E-state index is 12.4. The standard InChI is InChI=1S/C23H36N6O4/c1-2-5-16(23(26)33)6-3-4-7-17(13-24)21(31)12-19(25)20(30)8-9-22(32)28-11-10-18-14-27-15-29-18/h13-17,24-25H,2-12H2,1H3,(H2,26,33)(H,27,29)(H,28,32). The largest absolute Gasteiger partial charge is 0.369 e. The van der Waals surface area contributed by atoms with Gasteiger partial charge in [0, 0.05) is 49.8 Å². The number of aromatic amines is 1. The van der Waals surface area contributed by atoms with E-state index in [1.54, 1.807) is 12.5 Å². The van der Waals surface area contributed by atoms with Crippen LogP contribution in [0.15, 0.2) is 12.5 Å². The van der Waals surface area contributed by atoms with Crippen LogP contribution in [-0.4, -0.2) is 51.8 Å². The maximum atomic E-state index is 12.4. The van der Waals surface area contributed by atoms with Crippen molar-refractivity contribution in [3.63, 3.8) is 0 Å². The van der Waals surface area contributed by atoms with Gasteiger partial charge in [-0.3, -0.25) is 19.2 Å². The van der Waals surface area contributed by atoms with E-state index in [1.165, 1.54) is 0 Å². The summed E-state index contributed by atoms with van der Waals surface area (Å²) < 4.78 is 0. The first-order valence-corrected chi connectivity index (χ1v) is 11.5. The van der Waals surface area contributed by atoms with Gasteiger partial charge in [0.1, 0.15) is 5.78 Å². The molecule has 1 aromatic heterocycles. The molecule has 1 heterocycles. The fraction of sp³-hybridized carbons (Fsp3) is 0.609. The smallest absolute Gasteiger partial charge is 0.220 e. The van der Waals surface area contributed by atoms with Crippen molar-refractivity contribution in [2.24, 2.45) is 17.6 Å². The number of ketones is 2. The predicted octanol–water partition coefficient (Wildman–Crippen LogP) is 2.12. The van der Waals surface area contributed by atoms with Crippen LogP contribution in [0, 0.1) is 22.7 Å². The van der Waals surface area contributed by atoms with Gasteiger partial charge in [-0.15, -0.1) is 0 Å². The molecule has 0 aromatic carbocycles. The van der Waals surface area contributed by atoms with Crippen molar-refractivity contribution in [1.82, 2.24) is 15.3 Å². The fourth-order valence-corrected chi connectivity index (χ4v) is 3.50. The Morgan fingerprint density at radius 2 is 1.91 bits per heavy atom. The number of unbranched alkanes of at least 4 members (excludes halogenated alkanes) is 1. The van der Waals surface area contributed by atoms with Crippen LogP contribution in [0.4, 0.5) is 0 Å². The van der Waals surface area contributed by atoms with Crippen molar-refractivity contribution in [2.45, 2.75) is 71.1 Å². The number of hydrogen-bond donors (Lipinski definition) is 5. The Labute approximate surface area is 194 Å². The van der Waals surface area contributed by atoms with E-state index in [0.717, 1.165) is 31.2 Å². The number of nitrogens with two attached hydrogens (primary N) is 1. The summed E-state index contributed by atoms with van der Waals surface area (Å²) in [5, 5.41) is 18.1. The molecule has 0 saturated carbocycles. The zero-order valence-corrected chi connectivity index (χ0v) is 19.3. The highest BCUT2D eigenvalue weighted by Gasteiger charge is 2.21. The number of imidazole rings is 1. The highest BCUT2D eigenvalue weighted by molar-refractivity contribution is 6.42. The average molecular weight is 461 g/mol. The number of carbonyl (C=O) groups excluding carboxylic acids is 4. The van der Waals surface area contributed by atoms with Crippen molar-refractivity contribution in [2.75, 3.05) is 6.54 Å². The Kier molecular flexibility index (Phi) is 13.2. The molecule has 0 fully saturated rings. The van der Waals surface area contributed by atoms with Crippen molar-refractivity contribution in [3.8, 4) is 0 Å². The zero-order valence-electron chi connectivity index (χ0n) is 19.3. The van der Waals surface area contributed by atoms with E-state index >= 15 is 0 Å². The van der Waals surface area contributed by atoms with Gasteiger partial charge >= 0.3 is 0 Å². The van der Waals surface area contributed by atoms with Crippen LogP contribution < -0.4 is 11.1 Å². The molecule has 0 aliphatic heterocycles. The van der Waals surface area contributed by atoms with E-state index in [1.807, 2.05) is 6.92 Å². The molecule has 182 valence electrons. The number of nitrogens with zero attached hydrogens (tertiary/aromatic N) is 1. The third-order valence-electron chi connectivity index (χ3n) is 5.51. The summed E-state index contributed by atoms with van der Waals surface area (Å²) in [4.78, 5) is 54.7. The van der Waals surface area contributed by atoms with Crippen molar-refractivity contribution < 1.29 is 19.2 Å². The van der Waals surface area contributed by atoms with Gasteiger partial charge in [-0.2, -0.15) is 0 Å². The van der Waals surface area contributed by atoms with E-state index in [9.17, 15) is 19.2 Å². The minimum absolute atomic E-state index is 0.0504. The number of hydrogen-bond acceptors (Lipinski definition) is 7. The summed E-state index contributed by atoms with van der Waals surface area (Å²) in [6.07, 6.45) is 8.40. The first-order chi connectivity index (χ1) is 15.8. The second-order valence-electron chi connectivity index (χ2n) is 8.17. The van der Waals surface area contributed by atoms with Crippen molar-refractivity contribution >= 4 is 35.3 Å². The molecule has 10 nitrogen and oxygen atoms in total. The van der Waals surface area contributed by atoms with E-state index in [-0.39, 0.29) is 48.5 Å². The van der Waals surface area contributed by atoms with E-state index in [4.69, 9.17) is 16.6 Å². The third kappa shape index (κ3) is 11.3. The number of rotatable bonds is 19. The van der Waals surface area contributed by atoms with E-state index in [2.05, 4.69) is 15.3 Å². The number of carbonyl (C=O) groups is 4. The Bertz CT molecular complexity index is 806. The summed E-state index contributed by atoms with van der Waals surface area (Å²) in [7, 11) is 0. The molecule has 0 radical (unpaired) electrons. The summed E-state index contributed by atoms with van der Waals surface area (Å²) in [5.41, 5.74) is 5.95. The average Bonchev–Trinajstić information content (AvgIpc) is 3.29. The lowest BCUT2D eigenvalue weighted by molar-refractivity contribution is -0.123. The van der Waals surface area contributed by atoms with Gasteiger partial charge in [0.25, 0.3) is 0 Å². The lowest BCUT2D eigenvalue weighted by Crippen LogP contribution is -2.28. The molecule has 2 atom stereocenters. The predicted molar refractivity (Wildman–Crippen MR) is 125 cm³/mol. The van der Waals surface area contributed by atoms with Gasteiger partial charge in [-0.1, -0.05) is 26.2 Å². The van der Waals surface area contributed by atoms with Gasteiger partial charge in [-0.05, 0) is 19.3 Å². The SMILES string of the molecule is CCCC(CCCCC(C=N)C(=O)CC(=N)C(=O)CCC(=O)NCCc1cnc[nH]1)C(N)=O. The van der Waals surface area contributed by atoms with Gasteiger partial charge in [0.2, 0.25) is 11.8 Å². The first kappa shape index (κ1) is 27.9. The normalized spacial score (nSPS) is 12.5. The highest BCUT2D eigenvalue weighted by Crippen LogP contribution is 2.18. The second kappa shape index (κ2) is 15.6. The molecule has 1 aromatic rings. The van der Waals surface area contributed by atoms with Crippen LogP contribution in [0.1, 0.15) is 70.4 Å². The van der Waals surface area contributed by atoms with Gasteiger partial charge in [0.15, 0.2) is 5.78 Å². The molecule has 33 heavy (non-hydrogen) atoms. The summed E-state index contributed by atoms with van der Waals surface area (Å²) >= 11 is 0. The first-order valence-electron chi connectivity index (χ1n) is 11.5. The molecule has 6 N–H and O–H groups in total. The van der Waals surface area contributed by atoms with E-state index in [0.29, 0.717) is 32.2 Å². The lowest BCUT2D eigenvalue weighted by atomic mass is 9.91. The highest BCUT2D eigenvalue weighted by atomic mass is 16.2. The number of aromatic nitrogens is 2. The minimum atomic E-state index is -0.665. The lowest BCUT2D eigenvalue weighted by Gasteiger charge is -2.14. The number of primary amides is 1. The Balaban J connectivity index is 2.30. The van der Waals surface area contributed by atoms with Gasteiger partial charge < -0.3 is 26.9 Å². The Hall–Kier alpha value is -3.17. The zero-order chi connectivity index (χ0) is 24.6. The second-order valence-corrected chi connectivity index (χ2v) is 8.17. The van der Waals surface area contributed by atoms with Gasteiger partial charge in [-0.25, -0.2) is 4.98 Å². The molecule has 1 rings (SSSR count). The molecule has 0 spiro atoms. The molecule has 10 heteroatoms. The third-order valence-corrected chi connectivity index (χ3v) is 5.51. The fourth-order valence-electron chi connectivity index (χ4n) is 3.50. The van der Waals surface area contributed by atoms with Crippen molar-refractivity contribution in [3.05, 3.63) is 18.2 Å². The summed E-state index contributed by atoms with van der Waals surface area (Å²) in [6.45, 7) is 2.40. The summed E-state index contributed by atoms with van der Waals surface area (Å²) in [5.74, 6) is -2.33. The van der Waals surface area contributed by atoms with Crippen LogP contribution in [-0.2, 0) is 25.6 Å². The number of amides is 2. The molecular weight excluding hydrogens is 424 g/mol. The number of Topliss-reactive ketones (excluding diaryl/α,β-unsaturated/α-hetero) is 2. The van der Waals surface area contributed by atoms with Gasteiger partial charge in [0.05, 0.1) is 24.4 Å². The Morgan fingerprint density at radius 3 is 2.52 bits per heavy atom. The molecule has 0 aliphatic rings. The summed E-state index contributed by atoms with van der Waals surface area (Å²) in [6, 6.07) is 0. The Morgan fingerprint density at radius 1 is 1.18 bits per heavy atom. The number of nitrogens with one attached hydrogen (secondary N) is 4. The van der Waals surface area contributed by atoms with Crippen molar-refractivity contribution in [1.29, 1.82) is 10.8 Å². The topological polar surface area (TPSA) is 183 Å². The van der Waals surface area contributed by atoms with Crippen LogP contribution in [0.5, 0.6) is 0 Å². The van der Waals surface area contributed by atoms with E-state index < -0.39 is 11.7 Å². The number of H-pyrrole nitrogens is 1. The molecule has 0 saturated heterocycles. The molecule has 0 aliphatic carbocycles. The maximum Gasteiger partial charge on any atom is 0.220 e. The molecule has 2 unspecified atom stereocenters. The van der Waals surface area contributed by atoms with Crippen LogP contribution in [0.25, 0.3) is 0 Å². The molecule has 2 amide bonds. The quantitative estimate of drug-likeness (QED) is 0.156. The van der Waals surface area contributed by atoms with Crippen LogP contribution in [0.3, 0.4) is 0 Å². The molecular formula is C23H36N6O4. The van der Waals surface area contributed by atoms with Crippen LogP contribution >= 0.6 is 0 Å². The van der Waals surface area contributed by atoms with Crippen LogP contribution in [0.2, 0.25) is 0 Å². The molecule has 0 bridgehead atoms.